The molecule has 1 atom stereocenters. The maximum Gasteiger partial charge on any atom is 0.453 e. The molecule has 2 heterocycles. The zero-order chi connectivity index (χ0) is 18.4. The van der Waals surface area contributed by atoms with Gasteiger partial charge in [-0.3, -0.25) is 0 Å². The van der Waals surface area contributed by atoms with Crippen molar-refractivity contribution in [1.82, 2.24) is 14.8 Å². The molecule has 130 valence electrons. The Labute approximate surface area is 141 Å². The number of nitrogens with one attached hydrogen (secondary N) is 1. The SMILES string of the molecule is CN(C)c1ccc([C@@H]2Nc3nc(C(F)(F)F)nn3C(N)=C2C#N)cc1. The second kappa shape index (κ2) is 5.70. The second-order valence-corrected chi connectivity index (χ2v) is 5.64. The molecule has 1 aromatic carbocycles. The summed E-state index contributed by atoms with van der Waals surface area (Å²) in [6.07, 6.45) is -4.71. The van der Waals surface area contributed by atoms with Gasteiger partial charge < -0.3 is 16.0 Å². The number of fused-ring (bicyclic) bond motifs is 1. The predicted octanol–water partition coefficient (Wildman–Crippen LogP) is 2.18. The molecule has 1 aliphatic rings. The molecule has 0 spiro atoms. The predicted molar refractivity (Wildman–Crippen MR) is 85.2 cm³/mol. The summed E-state index contributed by atoms with van der Waals surface area (Å²) >= 11 is 0. The lowest BCUT2D eigenvalue weighted by Gasteiger charge is -2.25. The van der Waals surface area contributed by atoms with Gasteiger partial charge in [0, 0.05) is 19.8 Å². The fourth-order valence-corrected chi connectivity index (χ4v) is 2.49. The van der Waals surface area contributed by atoms with Gasteiger partial charge in [0.2, 0.25) is 5.95 Å². The van der Waals surface area contributed by atoms with Crippen molar-refractivity contribution in [1.29, 1.82) is 5.26 Å². The molecule has 2 aromatic rings. The van der Waals surface area contributed by atoms with E-state index in [9.17, 15) is 18.4 Å². The van der Waals surface area contributed by atoms with E-state index >= 15 is 0 Å². The summed E-state index contributed by atoms with van der Waals surface area (Å²) in [5, 5.41) is 15.6. The smallest absolute Gasteiger partial charge is 0.383 e. The average molecular weight is 349 g/mol. The summed E-state index contributed by atoms with van der Waals surface area (Å²) in [7, 11) is 3.77. The van der Waals surface area contributed by atoms with Crippen LogP contribution in [-0.4, -0.2) is 28.9 Å². The lowest BCUT2D eigenvalue weighted by molar-refractivity contribution is -0.144. The van der Waals surface area contributed by atoms with E-state index in [-0.39, 0.29) is 17.3 Å². The Bertz CT molecular complexity index is 872. The highest BCUT2D eigenvalue weighted by atomic mass is 19.4. The number of nitrogens with zero attached hydrogens (tertiary/aromatic N) is 5. The molecule has 3 rings (SSSR count). The maximum atomic E-state index is 12.8. The van der Waals surface area contributed by atoms with E-state index < -0.39 is 18.0 Å². The van der Waals surface area contributed by atoms with Crippen LogP contribution < -0.4 is 16.0 Å². The van der Waals surface area contributed by atoms with Crippen molar-refractivity contribution < 1.29 is 13.2 Å². The Morgan fingerprint density at radius 1 is 1.28 bits per heavy atom. The molecule has 0 fully saturated rings. The van der Waals surface area contributed by atoms with E-state index in [2.05, 4.69) is 15.4 Å². The first-order chi connectivity index (χ1) is 11.7. The summed E-state index contributed by atoms with van der Waals surface area (Å²) in [5.41, 5.74) is 7.55. The number of aromatic nitrogens is 3. The molecule has 0 bridgehead atoms. The molecule has 7 nitrogen and oxygen atoms in total. The molecule has 0 amide bonds. The number of hydrogen-bond acceptors (Lipinski definition) is 6. The van der Waals surface area contributed by atoms with Gasteiger partial charge in [-0.2, -0.15) is 28.1 Å². The van der Waals surface area contributed by atoms with Gasteiger partial charge in [0.1, 0.15) is 11.9 Å². The Morgan fingerprint density at radius 2 is 1.92 bits per heavy atom. The Morgan fingerprint density at radius 3 is 2.44 bits per heavy atom. The van der Waals surface area contributed by atoms with E-state index in [1.165, 1.54) is 0 Å². The van der Waals surface area contributed by atoms with Gasteiger partial charge in [0.15, 0.2) is 0 Å². The number of halogens is 3. The van der Waals surface area contributed by atoms with Gasteiger partial charge in [-0.15, -0.1) is 5.10 Å². The lowest BCUT2D eigenvalue weighted by atomic mass is 9.98. The third-order valence-electron chi connectivity index (χ3n) is 3.79. The molecule has 0 aliphatic carbocycles. The maximum absolute atomic E-state index is 12.8. The highest BCUT2D eigenvalue weighted by Gasteiger charge is 2.39. The van der Waals surface area contributed by atoms with Crippen LogP contribution in [0.4, 0.5) is 24.8 Å². The third-order valence-corrected chi connectivity index (χ3v) is 3.79. The summed E-state index contributed by atoms with van der Waals surface area (Å²) in [4.78, 5) is 5.35. The van der Waals surface area contributed by atoms with Crippen molar-refractivity contribution in [2.24, 2.45) is 5.73 Å². The Hall–Kier alpha value is -3.22. The topological polar surface area (TPSA) is 95.8 Å². The van der Waals surface area contributed by atoms with Gasteiger partial charge in [0.05, 0.1) is 11.6 Å². The van der Waals surface area contributed by atoms with Crippen LogP contribution in [0, 0.1) is 11.3 Å². The van der Waals surface area contributed by atoms with Gasteiger partial charge in [-0.05, 0) is 17.7 Å². The first-order valence-electron chi connectivity index (χ1n) is 7.20. The van der Waals surface area contributed by atoms with Gasteiger partial charge in [0.25, 0.3) is 5.82 Å². The average Bonchev–Trinajstić information content (AvgIpc) is 2.99. The van der Waals surface area contributed by atoms with Gasteiger partial charge >= 0.3 is 6.18 Å². The van der Waals surface area contributed by atoms with E-state index in [1.54, 1.807) is 12.1 Å². The van der Waals surface area contributed by atoms with Crippen molar-refractivity contribution in [2.45, 2.75) is 12.2 Å². The fourth-order valence-electron chi connectivity index (χ4n) is 2.49. The van der Waals surface area contributed by atoms with Crippen LogP contribution in [-0.2, 0) is 6.18 Å². The molecular weight excluding hydrogens is 335 g/mol. The monoisotopic (exact) mass is 349 g/mol. The van der Waals surface area contributed by atoms with Gasteiger partial charge in [-0.1, -0.05) is 12.1 Å². The number of nitrogens with two attached hydrogens (primary N) is 1. The zero-order valence-electron chi connectivity index (χ0n) is 13.3. The number of hydrogen-bond donors (Lipinski definition) is 2. The number of rotatable bonds is 2. The lowest BCUT2D eigenvalue weighted by Crippen LogP contribution is -2.27. The van der Waals surface area contributed by atoms with E-state index in [4.69, 9.17) is 5.73 Å². The first-order valence-corrected chi connectivity index (χ1v) is 7.20. The van der Waals surface area contributed by atoms with Crippen molar-refractivity contribution in [3.05, 3.63) is 41.2 Å². The molecular formula is C15H14F3N7. The molecule has 1 aromatic heterocycles. The van der Waals surface area contributed by atoms with E-state index in [0.717, 1.165) is 10.4 Å². The van der Waals surface area contributed by atoms with Crippen molar-refractivity contribution >= 4 is 17.5 Å². The fraction of sp³-hybridized carbons (Fsp3) is 0.267. The van der Waals surface area contributed by atoms with Crippen LogP contribution in [0.25, 0.3) is 5.82 Å². The Balaban J connectivity index is 2.04. The largest absolute Gasteiger partial charge is 0.453 e. The molecule has 10 heteroatoms. The van der Waals surface area contributed by atoms with Crippen LogP contribution >= 0.6 is 0 Å². The first kappa shape index (κ1) is 16.6. The zero-order valence-corrected chi connectivity index (χ0v) is 13.3. The van der Waals surface area contributed by atoms with Crippen LogP contribution in [0.5, 0.6) is 0 Å². The van der Waals surface area contributed by atoms with Gasteiger partial charge in [-0.25, -0.2) is 0 Å². The highest BCUT2D eigenvalue weighted by molar-refractivity contribution is 5.66. The van der Waals surface area contributed by atoms with Crippen LogP contribution in [0.15, 0.2) is 29.8 Å². The van der Waals surface area contributed by atoms with Crippen LogP contribution in [0.2, 0.25) is 0 Å². The number of benzene rings is 1. The minimum atomic E-state index is -4.71. The minimum absolute atomic E-state index is 0.0729. The minimum Gasteiger partial charge on any atom is -0.383 e. The standard InChI is InChI=1S/C15H14F3N7/c1-24(2)9-5-3-8(4-6-9)11-10(7-19)12(20)25-14(21-11)22-13(23-25)15(16,17)18/h3-6,11H,20H2,1-2H3,(H,21,22,23)/t11-/m0/s1. The molecule has 3 N–H and O–H groups in total. The summed E-state index contributed by atoms with van der Waals surface area (Å²) in [6.45, 7) is 0. The Kier molecular flexibility index (Phi) is 3.79. The molecule has 1 aliphatic heterocycles. The van der Waals surface area contributed by atoms with E-state index in [1.807, 2.05) is 37.2 Å². The molecule has 0 radical (unpaired) electrons. The van der Waals surface area contributed by atoms with Crippen molar-refractivity contribution in [3.8, 4) is 6.07 Å². The highest BCUT2D eigenvalue weighted by Crippen LogP contribution is 2.35. The van der Waals surface area contributed by atoms with Crippen molar-refractivity contribution in [2.75, 3.05) is 24.3 Å². The summed E-state index contributed by atoms with van der Waals surface area (Å²) in [5.74, 6) is -1.66. The third kappa shape index (κ3) is 2.84. The molecule has 0 saturated carbocycles. The number of nitriles is 1. The normalized spacial score (nSPS) is 16.9. The quantitative estimate of drug-likeness (QED) is 0.863. The van der Waals surface area contributed by atoms with Crippen LogP contribution in [0.3, 0.4) is 0 Å². The second-order valence-electron chi connectivity index (χ2n) is 5.64. The summed E-state index contributed by atoms with van der Waals surface area (Å²) in [6, 6.07) is 8.45. The van der Waals surface area contributed by atoms with E-state index in [0.29, 0.717) is 5.56 Å². The number of anilines is 2. The summed E-state index contributed by atoms with van der Waals surface area (Å²) < 4.78 is 39.3. The molecule has 0 unspecified atom stereocenters. The number of alkyl halides is 3. The van der Waals surface area contributed by atoms with Crippen LogP contribution in [0.1, 0.15) is 17.4 Å². The van der Waals surface area contributed by atoms with Crippen molar-refractivity contribution in [3.63, 3.8) is 0 Å². The molecule has 0 saturated heterocycles. The molecule has 25 heavy (non-hydrogen) atoms.